The molecule has 0 saturated heterocycles. The first-order valence-corrected chi connectivity index (χ1v) is 8.15. The number of rotatable bonds is 8. The van der Waals surface area contributed by atoms with Gasteiger partial charge >= 0.3 is 0 Å². The van der Waals surface area contributed by atoms with Gasteiger partial charge in [0.15, 0.2) is 0 Å². The standard InChI is InChI=1S/C18H29NO/c1-3-19-14-17(11-15-7-4-5-8-15)12-16-9-6-10-18(13-16)20-2/h6,9-10,13,15,17,19H,3-5,7-8,11-12,14H2,1-2H3. The maximum Gasteiger partial charge on any atom is 0.119 e. The summed E-state index contributed by atoms with van der Waals surface area (Å²) in [7, 11) is 1.74. The van der Waals surface area contributed by atoms with Crippen LogP contribution in [-0.4, -0.2) is 20.2 Å². The summed E-state index contributed by atoms with van der Waals surface area (Å²) in [5.41, 5.74) is 1.41. The predicted octanol–water partition coefficient (Wildman–Crippen LogP) is 4.04. The van der Waals surface area contributed by atoms with Crippen molar-refractivity contribution in [3.63, 3.8) is 0 Å². The van der Waals surface area contributed by atoms with E-state index in [1.807, 2.05) is 6.07 Å². The fourth-order valence-electron chi connectivity index (χ4n) is 3.44. The van der Waals surface area contributed by atoms with Crippen LogP contribution >= 0.6 is 0 Å². The molecular weight excluding hydrogens is 246 g/mol. The Bertz CT molecular complexity index is 385. The Morgan fingerprint density at radius 2 is 2.10 bits per heavy atom. The van der Waals surface area contributed by atoms with Crippen LogP contribution in [0.2, 0.25) is 0 Å². The second-order valence-corrected chi connectivity index (χ2v) is 6.12. The topological polar surface area (TPSA) is 21.3 Å². The molecule has 1 atom stereocenters. The average Bonchev–Trinajstić information content (AvgIpc) is 2.98. The molecule has 0 spiro atoms. The Hall–Kier alpha value is -1.02. The summed E-state index contributed by atoms with van der Waals surface area (Å²) in [6.45, 7) is 4.40. The van der Waals surface area contributed by atoms with Crippen molar-refractivity contribution >= 4 is 0 Å². The molecule has 1 fully saturated rings. The minimum absolute atomic E-state index is 0.755. The van der Waals surface area contributed by atoms with E-state index in [1.165, 1.54) is 44.1 Å². The van der Waals surface area contributed by atoms with Crippen molar-refractivity contribution in [1.29, 1.82) is 0 Å². The van der Waals surface area contributed by atoms with Crippen molar-refractivity contribution in [3.8, 4) is 5.75 Å². The first-order chi connectivity index (χ1) is 9.81. The Kier molecular flexibility index (Phi) is 6.38. The maximum absolute atomic E-state index is 5.34. The van der Waals surface area contributed by atoms with Gasteiger partial charge in [-0.1, -0.05) is 44.7 Å². The van der Waals surface area contributed by atoms with Crippen molar-refractivity contribution in [3.05, 3.63) is 29.8 Å². The Balaban J connectivity index is 1.94. The number of ether oxygens (including phenoxy) is 1. The molecule has 0 aliphatic heterocycles. The molecule has 0 aromatic heterocycles. The molecule has 20 heavy (non-hydrogen) atoms. The summed E-state index contributed by atoms with van der Waals surface area (Å²) in [4.78, 5) is 0. The highest BCUT2D eigenvalue weighted by molar-refractivity contribution is 5.28. The van der Waals surface area contributed by atoms with Crippen molar-refractivity contribution in [2.45, 2.75) is 45.4 Å². The molecule has 2 heteroatoms. The minimum Gasteiger partial charge on any atom is -0.497 e. The fraction of sp³-hybridized carbons (Fsp3) is 0.667. The first-order valence-electron chi connectivity index (χ1n) is 8.15. The van der Waals surface area contributed by atoms with Gasteiger partial charge in [-0.05, 0) is 55.5 Å². The molecule has 0 radical (unpaired) electrons. The number of hydrogen-bond donors (Lipinski definition) is 1. The summed E-state index contributed by atoms with van der Waals surface area (Å²) in [6, 6.07) is 8.55. The van der Waals surface area contributed by atoms with Crippen LogP contribution in [0.3, 0.4) is 0 Å². The third-order valence-electron chi connectivity index (χ3n) is 4.48. The smallest absolute Gasteiger partial charge is 0.119 e. The second-order valence-electron chi connectivity index (χ2n) is 6.12. The largest absolute Gasteiger partial charge is 0.497 e. The van der Waals surface area contributed by atoms with E-state index in [0.29, 0.717) is 0 Å². The van der Waals surface area contributed by atoms with Gasteiger partial charge in [-0.3, -0.25) is 0 Å². The van der Waals surface area contributed by atoms with Gasteiger partial charge in [0, 0.05) is 0 Å². The van der Waals surface area contributed by atoms with Crippen LogP contribution in [-0.2, 0) is 6.42 Å². The summed E-state index contributed by atoms with van der Waals surface area (Å²) in [5.74, 6) is 2.69. The lowest BCUT2D eigenvalue weighted by Gasteiger charge is -2.21. The summed E-state index contributed by atoms with van der Waals surface area (Å²) in [5, 5.41) is 3.54. The van der Waals surface area contributed by atoms with Crippen LogP contribution in [0.4, 0.5) is 0 Å². The Labute approximate surface area is 123 Å². The predicted molar refractivity (Wildman–Crippen MR) is 85.3 cm³/mol. The SMILES string of the molecule is CCNCC(Cc1cccc(OC)c1)CC1CCCC1. The normalized spacial score (nSPS) is 17.3. The summed E-state index contributed by atoms with van der Waals surface area (Å²) >= 11 is 0. The molecule has 1 aliphatic rings. The van der Waals surface area contributed by atoms with E-state index in [0.717, 1.165) is 30.7 Å². The molecule has 0 heterocycles. The van der Waals surface area contributed by atoms with Gasteiger partial charge < -0.3 is 10.1 Å². The van der Waals surface area contributed by atoms with Gasteiger partial charge in [0.25, 0.3) is 0 Å². The number of hydrogen-bond acceptors (Lipinski definition) is 2. The van der Waals surface area contributed by atoms with Gasteiger partial charge in [0.1, 0.15) is 5.75 Å². The van der Waals surface area contributed by atoms with Crippen LogP contribution in [0, 0.1) is 11.8 Å². The summed E-state index contributed by atoms with van der Waals surface area (Å²) in [6.07, 6.45) is 8.32. The van der Waals surface area contributed by atoms with E-state index < -0.39 is 0 Å². The first kappa shape index (κ1) is 15.4. The molecule has 0 bridgehead atoms. The summed E-state index contributed by atoms with van der Waals surface area (Å²) < 4.78 is 5.34. The lowest BCUT2D eigenvalue weighted by Crippen LogP contribution is -2.25. The minimum atomic E-state index is 0.755. The molecule has 1 aromatic carbocycles. The van der Waals surface area contributed by atoms with Gasteiger partial charge in [-0.25, -0.2) is 0 Å². The molecule has 1 aliphatic carbocycles. The van der Waals surface area contributed by atoms with Crippen molar-refractivity contribution in [2.75, 3.05) is 20.2 Å². The van der Waals surface area contributed by atoms with E-state index in [2.05, 4.69) is 30.4 Å². The monoisotopic (exact) mass is 275 g/mol. The molecule has 1 N–H and O–H groups in total. The van der Waals surface area contributed by atoms with Crippen LogP contribution in [0.1, 0.15) is 44.6 Å². The second kappa shape index (κ2) is 8.31. The van der Waals surface area contributed by atoms with Gasteiger partial charge in [0.2, 0.25) is 0 Å². The lowest BCUT2D eigenvalue weighted by atomic mass is 9.88. The maximum atomic E-state index is 5.34. The van der Waals surface area contributed by atoms with E-state index in [1.54, 1.807) is 7.11 Å². The highest BCUT2D eigenvalue weighted by Gasteiger charge is 2.20. The van der Waals surface area contributed by atoms with Gasteiger partial charge in [-0.15, -0.1) is 0 Å². The molecule has 0 amide bonds. The molecule has 112 valence electrons. The Morgan fingerprint density at radius 1 is 1.30 bits per heavy atom. The third-order valence-corrected chi connectivity index (χ3v) is 4.48. The molecule has 1 unspecified atom stereocenters. The van der Waals surface area contributed by atoms with E-state index >= 15 is 0 Å². The zero-order chi connectivity index (χ0) is 14.2. The third kappa shape index (κ3) is 4.82. The van der Waals surface area contributed by atoms with Gasteiger partial charge in [-0.2, -0.15) is 0 Å². The average molecular weight is 275 g/mol. The van der Waals surface area contributed by atoms with Crippen LogP contribution in [0.15, 0.2) is 24.3 Å². The molecular formula is C18H29NO. The van der Waals surface area contributed by atoms with Crippen molar-refractivity contribution < 1.29 is 4.74 Å². The highest BCUT2D eigenvalue weighted by Crippen LogP contribution is 2.31. The number of methoxy groups -OCH3 is 1. The van der Waals surface area contributed by atoms with Crippen LogP contribution < -0.4 is 10.1 Å². The van der Waals surface area contributed by atoms with Crippen LogP contribution in [0.25, 0.3) is 0 Å². The zero-order valence-electron chi connectivity index (χ0n) is 13.0. The highest BCUT2D eigenvalue weighted by atomic mass is 16.5. The van der Waals surface area contributed by atoms with E-state index in [9.17, 15) is 0 Å². The van der Waals surface area contributed by atoms with Crippen molar-refractivity contribution in [2.24, 2.45) is 11.8 Å². The Morgan fingerprint density at radius 3 is 2.80 bits per heavy atom. The number of nitrogens with one attached hydrogen (secondary N) is 1. The molecule has 1 saturated carbocycles. The fourth-order valence-corrected chi connectivity index (χ4v) is 3.44. The van der Waals surface area contributed by atoms with Gasteiger partial charge in [0.05, 0.1) is 7.11 Å². The van der Waals surface area contributed by atoms with Crippen molar-refractivity contribution in [1.82, 2.24) is 5.32 Å². The molecule has 2 rings (SSSR count). The van der Waals surface area contributed by atoms with E-state index in [4.69, 9.17) is 4.74 Å². The number of benzene rings is 1. The molecule has 2 nitrogen and oxygen atoms in total. The van der Waals surface area contributed by atoms with Crippen LogP contribution in [0.5, 0.6) is 5.75 Å². The quantitative estimate of drug-likeness (QED) is 0.773. The lowest BCUT2D eigenvalue weighted by molar-refractivity contribution is 0.358. The zero-order valence-corrected chi connectivity index (χ0v) is 13.0. The van der Waals surface area contributed by atoms with E-state index in [-0.39, 0.29) is 0 Å². The molecule has 1 aromatic rings.